The molecule has 2 atom stereocenters. The minimum absolute atomic E-state index is 0.124. The summed E-state index contributed by atoms with van der Waals surface area (Å²) >= 11 is 0. The maximum Gasteiger partial charge on any atom is 0.407 e. The van der Waals surface area contributed by atoms with Crippen molar-refractivity contribution in [1.29, 1.82) is 0 Å². The molecule has 0 heterocycles. The second kappa shape index (κ2) is 10.0. The van der Waals surface area contributed by atoms with E-state index in [0.29, 0.717) is 6.04 Å². The monoisotopic (exact) mass is 286 g/mol. The van der Waals surface area contributed by atoms with Crippen molar-refractivity contribution in [1.82, 2.24) is 10.6 Å². The highest BCUT2D eigenvalue weighted by Gasteiger charge is 2.18. The summed E-state index contributed by atoms with van der Waals surface area (Å²) in [7, 11) is 0. The Morgan fingerprint density at radius 1 is 1.20 bits per heavy atom. The molecule has 2 unspecified atom stereocenters. The Kier molecular flexibility index (Phi) is 9.64. The topological polar surface area (TPSA) is 50.4 Å². The highest BCUT2D eigenvalue weighted by molar-refractivity contribution is 5.68. The molecule has 0 saturated heterocycles. The largest absolute Gasteiger partial charge is 0.444 e. The Morgan fingerprint density at radius 3 is 2.35 bits per heavy atom. The Bertz CT molecular complexity index is 262. The van der Waals surface area contributed by atoms with E-state index in [1.54, 1.807) is 0 Å². The van der Waals surface area contributed by atoms with Crippen molar-refractivity contribution in [3.8, 4) is 0 Å². The summed E-state index contributed by atoms with van der Waals surface area (Å²) in [6, 6.07) is 0.620. The van der Waals surface area contributed by atoms with Crippen LogP contribution in [0.4, 0.5) is 4.79 Å². The minimum atomic E-state index is -0.441. The molecule has 4 heteroatoms. The van der Waals surface area contributed by atoms with Crippen LogP contribution in [0.3, 0.4) is 0 Å². The molecule has 0 aromatic rings. The first-order chi connectivity index (χ1) is 9.28. The van der Waals surface area contributed by atoms with Gasteiger partial charge in [-0.2, -0.15) is 0 Å². The zero-order valence-electron chi connectivity index (χ0n) is 14.2. The van der Waals surface area contributed by atoms with E-state index in [2.05, 4.69) is 31.4 Å². The van der Waals surface area contributed by atoms with Gasteiger partial charge in [-0.15, -0.1) is 0 Å². The van der Waals surface area contributed by atoms with Crippen molar-refractivity contribution in [3.63, 3.8) is 0 Å². The number of unbranched alkanes of at least 4 members (excludes halogenated alkanes) is 2. The summed E-state index contributed by atoms with van der Waals surface area (Å²) < 4.78 is 5.28. The van der Waals surface area contributed by atoms with Crippen LogP contribution in [0.15, 0.2) is 0 Å². The molecule has 2 N–H and O–H groups in total. The van der Waals surface area contributed by atoms with Crippen LogP contribution in [0.25, 0.3) is 0 Å². The molecular formula is C16H34N2O2. The number of hydrogen-bond acceptors (Lipinski definition) is 3. The molecule has 4 nitrogen and oxygen atoms in total. The molecule has 0 aliphatic carbocycles. The predicted octanol–water partition coefficient (Wildman–Crippen LogP) is 3.85. The Balaban J connectivity index is 3.94. The number of carbonyl (C=O) groups is 1. The number of hydrogen-bond donors (Lipinski definition) is 2. The lowest BCUT2D eigenvalue weighted by Crippen LogP contribution is -2.45. The highest BCUT2D eigenvalue weighted by atomic mass is 16.6. The lowest BCUT2D eigenvalue weighted by Gasteiger charge is -2.24. The second-order valence-electron chi connectivity index (χ2n) is 6.56. The average Bonchev–Trinajstić information content (AvgIpc) is 2.32. The molecule has 0 aromatic carbocycles. The average molecular weight is 286 g/mol. The van der Waals surface area contributed by atoms with Gasteiger partial charge in [-0.25, -0.2) is 4.79 Å². The van der Waals surface area contributed by atoms with E-state index in [1.165, 1.54) is 25.7 Å². The van der Waals surface area contributed by atoms with Crippen LogP contribution in [0.1, 0.15) is 73.6 Å². The highest BCUT2D eigenvalue weighted by Crippen LogP contribution is 2.07. The van der Waals surface area contributed by atoms with Gasteiger partial charge in [0.1, 0.15) is 5.60 Å². The lowest BCUT2D eigenvalue weighted by atomic mass is 10.1. The first-order valence-electron chi connectivity index (χ1n) is 8.01. The van der Waals surface area contributed by atoms with Crippen LogP contribution in [-0.4, -0.2) is 30.3 Å². The SMILES string of the molecule is CCCCCC(C)NCC(CC)NC(=O)OC(C)(C)C. The van der Waals surface area contributed by atoms with Gasteiger partial charge >= 0.3 is 6.09 Å². The maximum absolute atomic E-state index is 11.7. The first kappa shape index (κ1) is 19.2. The van der Waals surface area contributed by atoms with E-state index >= 15 is 0 Å². The van der Waals surface area contributed by atoms with Crippen molar-refractivity contribution >= 4 is 6.09 Å². The summed E-state index contributed by atoms with van der Waals surface area (Å²) in [4.78, 5) is 11.7. The van der Waals surface area contributed by atoms with Crippen molar-refractivity contribution in [2.75, 3.05) is 6.54 Å². The maximum atomic E-state index is 11.7. The van der Waals surface area contributed by atoms with Gasteiger partial charge in [-0.05, 0) is 40.5 Å². The van der Waals surface area contributed by atoms with Gasteiger partial charge in [0.15, 0.2) is 0 Å². The molecular weight excluding hydrogens is 252 g/mol. The fourth-order valence-corrected chi connectivity index (χ4v) is 1.92. The normalized spacial score (nSPS) is 14.7. The minimum Gasteiger partial charge on any atom is -0.444 e. The molecule has 0 radical (unpaired) electrons. The summed E-state index contributed by atoms with van der Waals surface area (Å²) in [6.45, 7) is 12.9. The molecule has 0 aromatic heterocycles. The number of rotatable bonds is 9. The van der Waals surface area contributed by atoms with Crippen molar-refractivity contribution in [3.05, 3.63) is 0 Å². The molecule has 0 fully saturated rings. The van der Waals surface area contributed by atoms with Crippen LogP contribution in [0, 0.1) is 0 Å². The van der Waals surface area contributed by atoms with Gasteiger partial charge in [0, 0.05) is 18.6 Å². The summed E-state index contributed by atoms with van der Waals surface area (Å²) in [5.41, 5.74) is -0.441. The van der Waals surface area contributed by atoms with Gasteiger partial charge in [-0.3, -0.25) is 0 Å². The number of nitrogens with one attached hydrogen (secondary N) is 2. The van der Waals surface area contributed by atoms with Crippen molar-refractivity contribution in [2.24, 2.45) is 0 Å². The number of carbonyl (C=O) groups excluding carboxylic acids is 1. The number of alkyl carbamates (subject to hydrolysis) is 1. The molecule has 20 heavy (non-hydrogen) atoms. The van der Waals surface area contributed by atoms with Gasteiger partial charge in [0.05, 0.1) is 0 Å². The van der Waals surface area contributed by atoms with E-state index in [9.17, 15) is 4.79 Å². The van der Waals surface area contributed by atoms with Gasteiger partial charge < -0.3 is 15.4 Å². The lowest BCUT2D eigenvalue weighted by molar-refractivity contribution is 0.0502. The number of ether oxygens (including phenoxy) is 1. The van der Waals surface area contributed by atoms with Crippen LogP contribution in [0.2, 0.25) is 0 Å². The third-order valence-electron chi connectivity index (χ3n) is 3.17. The van der Waals surface area contributed by atoms with Crippen LogP contribution < -0.4 is 10.6 Å². The fourth-order valence-electron chi connectivity index (χ4n) is 1.92. The molecule has 0 spiro atoms. The van der Waals surface area contributed by atoms with Crippen LogP contribution in [0.5, 0.6) is 0 Å². The van der Waals surface area contributed by atoms with E-state index in [4.69, 9.17) is 4.74 Å². The number of amides is 1. The third kappa shape index (κ3) is 11.1. The quantitative estimate of drug-likeness (QED) is 0.633. The molecule has 0 aliphatic rings. The van der Waals surface area contributed by atoms with E-state index in [0.717, 1.165) is 13.0 Å². The summed E-state index contributed by atoms with van der Waals surface area (Å²) in [6.07, 6.45) is 5.57. The van der Waals surface area contributed by atoms with Gasteiger partial charge in [0.2, 0.25) is 0 Å². The van der Waals surface area contributed by atoms with Crippen LogP contribution >= 0.6 is 0 Å². The van der Waals surface area contributed by atoms with Crippen molar-refractivity contribution < 1.29 is 9.53 Å². The van der Waals surface area contributed by atoms with E-state index in [1.807, 2.05) is 20.8 Å². The molecule has 0 rings (SSSR count). The zero-order chi connectivity index (χ0) is 15.6. The van der Waals surface area contributed by atoms with Crippen LogP contribution in [-0.2, 0) is 4.74 Å². The van der Waals surface area contributed by atoms with E-state index in [-0.39, 0.29) is 12.1 Å². The van der Waals surface area contributed by atoms with Gasteiger partial charge in [0.25, 0.3) is 0 Å². The second-order valence-corrected chi connectivity index (χ2v) is 6.56. The zero-order valence-corrected chi connectivity index (χ0v) is 14.2. The molecule has 120 valence electrons. The smallest absolute Gasteiger partial charge is 0.407 e. The van der Waals surface area contributed by atoms with E-state index < -0.39 is 5.60 Å². The van der Waals surface area contributed by atoms with Gasteiger partial charge in [-0.1, -0.05) is 33.1 Å². The fraction of sp³-hybridized carbons (Fsp3) is 0.938. The Hall–Kier alpha value is -0.770. The Labute approximate surface area is 125 Å². The van der Waals surface area contributed by atoms with Crippen molar-refractivity contribution in [2.45, 2.75) is 91.3 Å². The standard InChI is InChI=1S/C16H34N2O2/c1-7-9-10-11-13(3)17-12-14(8-2)18-15(19)20-16(4,5)6/h13-14,17H,7-12H2,1-6H3,(H,18,19). The molecule has 0 aliphatic heterocycles. The summed E-state index contributed by atoms with van der Waals surface area (Å²) in [5, 5.41) is 6.41. The molecule has 1 amide bonds. The molecule has 0 bridgehead atoms. The molecule has 0 saturated carbocycles. The Morgan fingerprint density at radius 2 is 1.85 bits per heavy atom. The predicted molar refractivity (Wildman–Crippen MR) is 85.1 cm³/mol. The third-order valence-corrected chi connectivity index (χ3v) is 3.17. The summed E-state index contributed by atoms with van der Waals surface area (Å²) in [5.74, 6) is 0. The first-order valence-corrected chi connectivity index (χ1v) is 8.01.